The van der Waals surface area contributed by atoms with E-state index in [9.17, 15) is 4.79 Å². The van der Waals surface area contributed by atoms with Crippen molar-refractivity contribution in [1.82, 2.24) is 20.8 Å². The number of hydrogen-bond donors (Lipinski definition) is 2. The fraction of sp³-hybridized carbons (Fsp3) is 0.562. The minimum atomic E-state index is -0.222. The molecule has 1 fully saturated rings. The van der Waals surface area contributed by atoms with Crippen molar-refractivity contribution in [2.45, 2.75) is 45.3 Å². The van der Waals surface area contributed by atoms with Crippen LogP contribution in [0.4, 0.5) is 5.13 Å². The lowest BCUT2D eigenvalue weighted by Gasteiger charge is -2.33. The Hall–Kier alpha value is -1.93. The lowest BCUT2D eigenvalue weighted by Crippen LogP contribution is -2.50. The number of nitrogens with zero attached hydrogens (tertiary/aromatic N) is 3. The molecule has 0 spiro atoms. The molecule has 130 valence electrons. The molecule has 2 aromatic heterocycles. The monoisotopic (exact) mass is 349 g/mol. The van der Waals surface area contributed by atoms with Gasteiger partial charge in [0, 0.05) is 19.1 Å². The molecule has 8 heteroatoms. The molecule has 0 bridgehead atoms. The van der Waals surface area contributed by atoms with Crippen LogP contribution in [0.1, 0.15) is 30.5 Å². The number of amides is 1. The molecule has 1 amide bonds. The minimum absolute atomic E-state index is 0.00595. The van der Waals surface area contributed by atoms with Gasteiger partial charge in [-0.1, -0.05) is 11.3 Å². The summed E-state index contributed by atoms with van der Waals surface area (Å²) in [6.45, 7) is 6.17. The standard InChI is InChI=1S/C16H23N5O2S/c1-11(15(22)17-10-14-4-3-9-23-14)18-13-5-7-21(8-6-13)16-20-19-12(2)24-16/h3-4,9,11,13,18H,5-8,10H2,1-2H3,(H,17,22)/t11-/m0/s1. The Morgan fingerprint density at radius 3 is 2.88 bits per heavy atom. The summed E-state index contributed by atoms with van der Waals surface area (Å²) in [5.74, 6) is 0.754. The van der Waals surface area contributed by atoms with Crippen LogP contribution in [0.3, 0.4) is 0 Å². The molecule has 0 aliphatic carbocycles. The highest BCUT2D eigenvalue weighted by Crippen LogP contribution is 2.23. The van der Waals surface area contributed by atoms with Gasteiger partial charge in [0.2, 0.25) is 11.0 Å². The third-order valence-electron chi connectivity index (χ3n) is 4.18. The Balaban J connectivity index is 1.41. The van der Waals surface area contributed by atoms with Crippen molar-refractivity contribution in [3.8, 4) is 0 Å². The summed E-state index contributed by atoms with van der Waals surface area (Å²) in [4.78, 5) is 14.4. The Morgan fingerprint density at radius 1 is 1.46 bits per heavy atom. The van der Waals surface area contributed by atoms with E-state index in [1.807, 2.05) is 26.0 Å². The molecule has 7 nitrogen and oxygen atoms in total. The van der Waals surface area contributed by atoms with Gasteiger partial charge in [0.25, 0.3) is 0 Å². The molecule has 2 aromatic rings. The second-order valence-corrected chi connectivity index (χ2v) is 7.21. The molecule has 3 rings (SSSR count). The maximum Gasteiger partial charge on any atom is 0.237 e. The van der Waals surface area contributed by atoms with Gasteiger partial charge in [-0.05, 0) is 38.8 Å². The summed E-state index contributed by atoms with van der Waals surface area (Å²) in [7, 11) is 0. The largest absolute Gasteiger partial charge is 0.467 e. The fourth-order valence-corrected chi connectivity index (χ4v) is 3.56. The van der Waals surface area contributed by atoms with Crippen molar-refractivity contribution in [3.05, 3.63) is 29.2 Å². The van der Waals surface area contributed by atoms with Crippen molar-refractivity contribution in [1.29, 1.82) is 0 Å². The van der Waals surface area contributed by atoms with Gasteiger partial charge in [-0.2, -0.15) is 0 Å². The van der Waals surface area contributed by atoms with Gasteiger partial charge in [-0.3, -0.25) is 4.79 Å². The highest BCUT2D eigenvalue weighted by molar-refractivity contribution is 7.15. The van der Waals surface area contributed by atoms with Gasteiger partial charge in [0.15, 0.2) is 0 Å². The maximum atomic E-state index is 12.2. The number of anilines is 1. The second kappa shape index (κ2) is 7.76. The van der Waals surface area contributed by atoms with E-state index < -0.39 is 0 Å². The van der Waals surface area contributed by atoms with Crippen molar-refractivity contribution in [2.75, 3.05) is 18.0 Å². The molecular formula is C16H23N5O2S. The highest BCUT2D eigenvalue weighted by Gasteiger charge is 2.24. The number of nitrogens with one attached hydrogen (secondary N) is 2. The van der Waals surface area contributed by atoms with Gasteiger partial charge >= 0.3 is 0 Å². The molecular weight excluding hydrogens is 326 g/mol. The molecule has 0 unspecified atom stereocenters. The zero-order valence-corrected chi connectivity index (χ0v) is 14.8. The molecule has 2 N–H and O–H groups in total. The summed E-state index contributed by atoms with van der Waals surface area (Å²) >= 11 is 1.63. The Morgan fingerprint density at radius 2 is 2.25 bits per heavy atom. The van der Waals surface area contributed by atoms with Crippen molar-refractivity contribution in [3.63, 3.8) is 0 Å². The third-order valence-corrected chi connectivity index (χ3v) is 5.08. The van der Waals surface area contributed by atoms with Crippen LogP contribution in [-0.2, 0) is 11.3 Å². The summed E-state index contributed by atoms with van der Waals surface area (Å²) in [6, 6.07) is 3.79. The van der Waals surface area contributed by atoms with E-state index in [-0.39, 0.29) is 11.9 Å². The molecule has 1 aliphatic rings. The van der Waals surface area contributed by atoms with E-state index in [1.165, 1.54) is 0 Å². The van der Waals surface area contributed by atoms with Crippen molar-refractivity contribution >= 4 is 22.4 Å². The topological polar surface area (TPSA) is 83.3 Å². The van der Waals surface area contributed by atoms with Crippen LogP contribution in [0.25, 0.3) is 0 Å². The Bertz CT molecular complexity index is 649. The number of aryl methyl sites for hydroxylation is 1. The molecule has 1 atom stereocenters. The van der Waals surface area contributed by atoms with E-state index in [2.05, 4.69) is 25.7 Å². The lowest BCUT2D eigenvalue weighted by atomic mass is 10.0. The predicted octanol–water partition coefficient (Wildman–Crippen LogP) is 1.70. The van der Waals surface area contributed by atoms with Crippen LogP contribution in [0.2, 0.25) is 0 Å². The third kappa shape index (κ3) is 4.33. The van der Waals surface area contributed by atoms with Crippen LogP contribution in [0.15, 0.2) is 22.8 Å². The van der Waals surface area contributed by atoms with Gasteiger partial charge in [-0.15, -0.1) is 10.2 Å². The van der Waals surface area contributed by atoms with Crippen LogP contribution >= 0.6 is 11.3 Å². The number of rotatable bonds is 6. The van der Waals surface area contributed by atoms with Crippen LogP contribution in [0.5, 0.6) is 0 Å². The Labute approximate surface area is 145 Å². The lowest BCUT2D eigenvalue weighted by molar-refractivity contribution is -0.123. The molecule has 0 saturated carbocycles. The van der Waals surface area contributed by atoms with Gasteiger partial charge in [0.05, 0.1) is 18.8 Å². The number of aromatic nitrogens is 2. The number of carbonyl (C=O) groups excluding carboxylic acids is 1. The zero-order valence-electron chi connectivity index (χ0n) is 14.0. The van der Waals surface area contributed by atoms with Crippen LogP contribution in [-0.4, -0.2) is 41.3 Å². The van der Waals surface area contributed by atoms with E-state index in [1.54, 1.807) is 17.6 Å². The number of hydrogen-bond acceptors (Lipinski definition) is 7. The highest BCUT2D eigenvalue weighted by atomic mass is 32.1. The molecule has 3 heterocycles. The van der Waals surface area contributed by atoms with Gasteiger partial charge in [0.1, 0.15) is 10.8 Å². The molecule has 0 aromatic carbocycles. The van der Waals surface area contributed by atoms with E-state index >= 15 is 0 Å². The van der Waals surface area contributed by atoms with Gasteiger partial charge in [-0.25, -0.2) is 0 Å². The van der Waals surface area contributed by atoms with Crippen molar-refractivity contribution in [2.24, 2.45) is 0 Å². The second-order valence-electron chi connectivity index (χ2n) is 6.05. The molecule has 1 saturated heterocycles. The smallest absolute Gasteiger partial charge is 0.237 e. The number of carbonyl (C=O) groups is 1. The molecule has 24 heavy (non-hydrogen) atoms. The average Bonchev–Trinajstić information content (AvgIpc) is 3.25. The van der Waals surface area contributed by atoms with Crippen LogP contribution < -0.4 is 15.5 Å². The van der Waals surface area contributed by atoms with E-state index in [0.717, 1.165) is 41.8 Å². The maximum absolute atomic E-state index is 12.2. The van der Waals surface area contributed by atoms with E-state index in [4.69, 9.17) is 4.42 Å². The number of furan rings is 1. The normalized spacial score (nSPS) is 17.0. The SMILES string of the molecule is Cc1nnc(N2CCC(N[C@@H](C)C(=O)NCc3ccco3)CC2)s1. The minimum Gasteiger partial charge on any atom is -0.467 e. The van der Waals surface area contributed by atoms with E-state index in [0.29, 0.717) is 12.6 Å². The Kier molecular flexibility index (Phi) is 5.47. The van der Waals surface area contributed by atoms with Crippen LogP contribution in [0, 0.1) is 6.92 Å². The molecule has 1 aliphatic heterocycles. The molecule has 0 radical (unpaired) electrons. The summed E-state index contributed by atoms with van der Waals surface area (Å²) in [5.41, 5.74) is 0. The fourth-order valence-electron chi connectivity index (χ4n) is 2.82. The first-order valence-corrected chi connectivity index (χ1v) is 9.04. The first-order chi connectivity index (χ1) is 11.6. The summed E-state index contributed by atoms with van der Waals surface area (Å²) in [5, 5.41) is 16.6. The summed E-state index contributed by atoms with van der Waals surface area (Å²) < 4.78 is 5.22. The summed E-state index contributed by atoms with van der Waals surface area (Å²) in [6.07, 6.45) is 3.60. The van der Waals surface area contributed by atoms with Crippen molar-refractivity contribution < 1.29 is 9.21 Å². The first kappa shape index (κ1) is 16.9. The number of piperidine rings is 1. The average molecular weight is 349 g/mol. The first-order valence-electron chi connectivity index (χ1n) is 8.23. The zero-order chi connectivity index (χ0) is 16.9. The predicted molar refractivity (Wildman–Crippen MR) is 93.0 cm³/mol. The van der Waals surface area contributed by atoms with Gasteiger partial charge < -0.3 is 20.0 Å². The quantitative estimate of drug-likeness (QED) is 0.826.